The second-order valence-corrected chi connectivity index (χ2v) is 11.3. The van der Waals surface area contributed by atoms with Crippen LogP contribution in [0.2, 0.25) is 0 Å². The van der Waals surface area contributed by atoms with Crippen molar-refractivity contribution in [1.29, 1.82) is 0 Å². The first kappa shape index (κ1) is 27.9. The number of aliphatic hydroxyl groups excluding tert-OH is 2. The summed E-state index contributed by atoms with van der Waals surface area (Å²) in [5.41, 5.74) is 4.46. The fourth-order valence-electron chi connectivity index (χ4n) is 6.98. The van der Waals surface area contributed by atoms with E-state index in [1.54, 1.807) is 17.0 Å². The van der Waals surface area contributed by atoms with E-state index in [1.807, 2.05) is 23.1 Å². The highest BCUT2D eigenvalue weighted by molar-refractivity contribution is 6.03. The number of carbonyl (C=O) groups is 2. The molecule has 0 aliphatic carbocycles. The highest BCUT2D eigenvalue weighted by Crippen LogP contribution is 2.37. The number of nitrogens with zero attached hydrogens (tertiary/aromatic N) is 3. The molecule has 6 rings (SSSR count). The molecule has 210 valence electrons. The van der Waals surface area contributed by atoms with Crippen LogP contribution < -0.4 is 10.2 Å². The van der Waals surface area contributed by atoms with Crippen LogP contribution in [0.4, 0.5) is 5.69 Å². The summed E-state index contributed by atoms with van der Waals surface area (Å²) in [5.74, 6) is -0.109. The Morgan fingerprint density at radius 2 is 1.74 bits per heavy atom. The van der Waals surface area contributed by atoms with Gasteiger partial charge in [0.15, 0.2) is 0 Å². The van der Waals surface area contributed by atoms with Gasteiger partial charge in [0.25, 0.3) is 11.8 Å². The van der Waals surface area contributed by atoms with Crippen molar-refractivity contribution in [3.05, 3.63) is 64.7 Å². The number of β-amino-alcohol motifs (C(OH)–C–C–N with tert-alkyl or cyclic N) is 1. The summed E-state index contributed by atoms with van der Waals surface area (Å²) in [7, 11) is 0. The second-order valence-electron chi connectivity index (χ2n) is 11.3. The SMILES string of the molecule is CCN1CCN(CC(O)C2Cc3ccccc3CN2)C(=O)c2ccc(C(=O)N3C4CCC3CC(O)C4)cc21.Cl. The number of benzene rings is 2. The molecule has 0 spiro atoms. The van der Waals surface area contributed by atoms with Gasteiger partial charge in [0.2, 0.25) is 0 Å². The number of hydrogen-bond acceptors (Lipinski definition) is 6. The van der Waals surface area contributed by atoms with Crippen LogP contribution in [0.1, 0.15) is 64.4 Å². The van der Waals surface area contributed by atoms with Crippen LogP contribution in [0.5, 0.6) is 0 Å². The molecule has 39 heavy (non-hydrogen) atoms. The van der Waals surface area contributed by atoms with Crippen molar-refractivity contribution in [3.8, 4) is 0 Å². The molecule has 9 heteroatoms. The molecule has 2 aromatic rings. The Balaban J connectivity index is 0.00000308. The molecule has 0 aromatic heterocycles. The molecule has 8 nitrogen and oxygen atoms in total. The van der Waals surface area contributed by atoms with E-state index in [0.29, 0.717) is 43.6 Å². The van der Waals surface area contributed by atoms with E-state index in [0.717, 1.165) is 31.5 Å². The van der Waals surface area contributed by atoms with Crippen molar-refractivity contribution >= 4 is 29.9 Å². The maximum Gasteiger partial charge on any atom is 0.256 e. The number of hydrogen-bond donors (Lipinski definition) is 3. The van der Waals surface area contributed by atoms with E-state index in [9.17, 15) is 19.8 Å². The Morgan fingerprint density at radius 1 is 1.05 bits per heavy atom. The number of halogens is 1. The van der Waals surface area contributed by atoms with Gasteiger partial charge in [0, 0.05) is 56.4 Å². The van der Waals surface area contributed by atoms with Gasteiger partial charge in [-0.15, -0.1) is 12.4 Å². The lowest BCUT2D eigenvalue weighted by molar-refractivity contribution is 0.0286. The summed E-state index contributed by atoms with van der Waals surface area (Å²) in [6.07, 6.45) is 2.90. The zero-order chi connectivity index (χ0) is 26.4. The third kappa shape index (κ3) is 5.27. The average Bonchev–Trinajstić information content (AvgIpc) is 3.13. The molecule has 0 saturated carbocycles. The smallest absolute Gasteiger partial charge is 0.256 e. The Bertz CT molecular complexity index is 1210. The van der Waals surface area contributed by atoms with Gasteiger partial charge < -0.3 is 30.2 Å². The quantitative estimate of drug-likeness (QED) is 0.526. The molecule has 2 saturated heterocycles. The largest absolute Gasteiger partial charge is 0.393 e. The molecule has 2 aromatic carbocycles. The lowest BCUT2D eigenvalue weighted by atomic mass is 9.92. The fourth-order valence-corrected chi connectivity index (χ4v) is 6.98. The molecule has 0 radical (unpaired) electrons. The van der Waals surface area contributed by atoms with Gasteiger partial charge in [-0.1, -0.05) is 24.3 Å². The third-order valence-corrected chi connectivity index (χ3v) is 9.05. The Morgan fingerprint density at radius 3 is 2.46 bits per heavy atom. The predicted molar refractivity (Wildman–Crippen MR) is 152 cm³/mol. The zero-order valence-corrected chi connectivity index (χ0v) is 23.3. The van der Waals surface area contributed by atoms with E-state index >= 15 is 0 Å². The van der Waals surface area contributed by atoms with Crippen molar-refractivity contribution in [1.82, 2.24) is 15.1 Å². The first-order chi connectivity index (χ1) is 18.4. The van der Waals surface area contributed by atoms with Crippen molar-refractivity contribution in [2.45, 2.75) is 75.9 Å². The van der Waals surface area contributed by atoms with Crippen LogP contribution in [0.25, 0.3) is 0 Å². The van der Waals surface area contributed by atoms with Gasteiger partial charge in [-0.3, -0.25) is 9.59 Å². The van der Waals surface area contributed by atoms with Crippen molar-refractivity contribution in [2.24, 2.45) is 0 Å². The number of aliphatic hydroxyl groups is 2. The Kier molecular flexibility index (Phi) is 8.19. The normalized spacial score (nSPS) is 26.8. The first-order valence-electron chi connectivity index (χ1n) is 14.1. The Labute approximate surface area is 236 Å². The van der Waals surface area contributed by atoms with E-state index in [2.05, 4.69) is 29.3 Å². The minimum Gasteiger partial charge on any atom is -0.393 e. The molecule has 4 aliphatic rings. The molecule has 2 amide bonds. The van der Waals surface area contributed by atoms with Crippen molar-refractivity contribution < 1.29 is 19.8 Å². The van der Waals surface area contributed by atoms with E-state index in [1.165, 1.54) is 11.1 Å². The summed E-state index contributed by atoms with van der Waals surface area (Å²) in [5, 5.41) is 24.7. The highest BCUT2D eigenvalue weighted by Gasteiger charge is 2.43. The topological polar surface area (TPSA) is 96.3 Å². The fraction of sp³-hybridized carbons (Fsp3) is 0.533. The lowest BCUT2D eigenvalue weighted by Crippen LogP contribution is -2.50. The summed E-state index contributed by atoms with van der Waals surface area (Å²) in [6.45, 7) is 4.91. The number of nitrogens with one attached hydrogen (secondary N) is 1. The first-order valence-corrected chi connectivity index (χ1v) is 14.1. The third-order valence-electron chi connectivity index (χ3n) is 9.05. The van der Waals surface area contributed by atoms with Crippen LogP contribution in [-0.2, 0) is 13.0 Å². The number of likely N-dealkylation sites (N-methyl/N-ethyl adjacent to an activating group) is 1. The number of rotatable bonds is 5. The molecule has 4 aliphatic heterocycles. The standard InChI is InChI=1S/C30H38N4O4.ClH/c1-2-32-11-12-33(18-28(36)26-13-19-5-3-4-6-21(19)17-31-26)30(38)25-10-7-20(14-27(25)32)29(37)34-22-8-9-23(34)16-24(35)15-22;/h3-7,10,14,22-24,26,28,31,35-36H,2,8-9,11-13,15-18H2,1H3;1H. The van der Waals surface area contributed by atoms with Crippen LogP contribution in [0, 0.1) is 0 Å². The van der Waals surface area contributed by atoms with E-state index in [4.69, 9.17) is 0 Å². The van der Waals surface area contributed by atoms with Crippen LogP contribution in [-0.4, -0.2) is 88.3 Å². The zero-order valence-electron chi connectivity index (χ0n) is 22.5. The molecule has 4 atom stereocenters. The molecule has 3 N–H and O–H groups in total. The van der Waals surface area contributed by atoms with Crippen LogP contribution in [0.3, 0.4) is 0 Å². The van der Waals surface area contributed by atoms with E-state index in [-0.39, 0.29) is 55.0 Å². The summed E-state index contributed by atoms with van der Waals surface area (Å²) < 4.78 is 0. The summed E-state index contributed by atoms with van der Waals surface area (Å²) in [4.78, 5) is 33.2. The number of fused-ring (bicyclic) bond motifs is 4. The van der Waals surface area contributed by atoms with Crippen molar-refractivity contribution in [3.63, 3.8) is 0 Å². The number of amides is 2. The summed E-state index contributed by atoms with van der Waals surface area (Å²) >= 11 is 0. The van der Waals surface area contributed by atoms with Crippen LogP contribution in [0.15, 0.2) is 42.5 Å². The second kappa shape index (κ2) is 11.5. The predicted octanol–water partition coefficient (Wildman–Crippen LogP) is 2.59. The lowest BCUT2D eigenvalue weighted by Gasteiger charge is -2.37. The summed E-state index contributed by atoms with van der Waals surface area (Å²) in [6, 6.07) is 13.8. The van der Waals surface area contributed by atoms with Gasteiger partial charge in [-0.2, -0.15) is 0 Å². The van der Waals surface area contributed by atoms with Gasteiger partial charge >= 0.3 is 0 Å². The Hall–Kier alpha value is -2.65. The van der Waals surface area contributed by atoms with E-state index < -0.39 is 6.10 Å². The highest BCUT2D eigenvalue weighted by atomic mass is 35.5. The number of anilines is 1. The molecule has 4 heterocycles. The minimum atomic E-state index is -0.685. The van der Waals surface area contributed by atoms with Gasteiger partial charge in [0.1, 0.15) is 0 Å². The van der Waals surface area contributed by atoms with Gasteiger partial charge in [0.05, 0.1) is 23.5 Å². The maximum atomic E-state index is 13.7. The number of piperidine rings is 1. The van der Waals surface area contributed by atoms with Gasteiger partial charge in [-0.25, -0.2) is 0 Å². The monoisotopic (exact) mass is 554 g/mol. The molecular formula is C30H39ClN4O4. The molecule has 2 bridgehead atoms. The molecule has 4 unspecified atom stereocenters. The molecular weight excluding hydrogens is 516 g/mol. The average molecular weight is 555 g/mol. The maximum absolute atomic E-state index is 13.7. The van der Waals surface area contributed by atoms with Crippen molar-refractivity contribution in [2.75, 3.05) is 31.1 Å². The van der Waals surface area contributed by atoms with Crippen LogP contribution >= 0.6 is 12.4 Å². The van der Waals surface area contributed by atoms with Gasteiger partial charge in [-0.05, 0) is 68.4 Å². The molecule has 2 fully saturated rings. The minimum absolute atomic E-state index is 0. The number of carbonyl (C=O) groups excluding carboxylic acids is 2.